The van der Waals surface area contributed by atoms with Gasteiger partial charge in [0.15, 0.2) is 11.2 Å². The largest absolute Gasteiger partial charge is 0.425 e. The van der Waals surface area contributed by atoms with Crippen molar-refractivity contribution in [1.29, 1.82) is 0 Å². The summed E-state index contributed by atoms with van der Waals surface area (Å²) in [6.45, 7) is 3.77. The number of fused-ring (bicyclic) bond motifs is 1. The van der Waals surface area contributed by atoms with E-state index in [9.17, 15) is 9.59 Å². The van der Waals surface area contributed by atoms with Crippen LogP contribution in [-0.4, -0.2) is 18.7 Å². The van der Waals surface area contributed by atoms with Crippen molar-refractivity contribution in [2.75, 3.05) is 0 Å². The van der Waals surface area contributed by atoms with Gasteiger partial charge < -0.3 is 4.74 Å². The van der Waals surface area contributed by atoms with E-state index in [2.05, 4.69) is 4.98 Å². The number of rotatable bonds is 2. The van der Waals surface area contributed by atoms with Crippen molar-refractivity contribution >= 4 is 22.8 Å². The summed E-state index contributed by atoms with van der Waals surface area (Å²) in [7, 11) is 4.67. The summed E-state index contributed by atoms with van der Waals surface area (Å²) in [6, 6.07) is 3.82. The van der Waals surface area contributed by atoms with Gasteiger partial charge in [0.1, 0.15) is 5.75 Å². The van der Waals surface area contributed by atoms with E-state index in [4.69, 9.17) is 16.3 Å². The molecule has 0 saturated heterocycles. The lowest BCUT2D eigenvalue weighted by atomic mass is 10.1. The molecule has 7 nitrogen and oxygen atoms in total. The summed E-state index contributed by atoms with van der Waals surface area (Å²) in [5, 5.41) is 0.684. The van der Waals surface area contributed by atoms with E-state index in [1.807, 2.05) is 13.8 Å². The summed E-state index contributed by atoms with van der Waals surface area (Å²) < 4.78 is 9.74. The van der Waals surface area contributed by atoms with Crippen LogP contribution in [0.4, 0.5) is 0 Å². The van der Waals surface area contributed by atoms with Gasteiger partial charge in [-0.15, -0.1) is 0 Å². The quantitative estimate of drug-likeness (QED) is 0.710. The Morgan fingerprint density at radius 3 is 2.17 bits per heavy atom. The molecule has 3 aromatic rings. The van der Waals surface area contributed by atoms with Crippen LogP contribution in [0.25, 0.3) is 11.2 Å². The monoisotopic (exact) mass is 348 g/mol. The van der Waals surface area contributed by atoms with Crippen LogP contribution in [0.1, 0.15) is 11.1 Å². The number of halogens is 1. The molecule has 0 aliphatic heterocycles. The van der Waals surface area contributed by atoms with Gasteiger partial charge >= 0.3 is 11.7 Å². The number of hydrogen-bond donors (Lipinski definition) is 0. The van der Waals surface area contributed by atoms with Crippen molar-refractivity contribution < 1.29 is 4.74 Å². The fraction of sp³-hybridized carbons (Fsp3) is 0.312. The van der Waals surface area contributed by atoms with Crippen LogP contribution in [0.3, 0.4) is 0 Å². The Balaban J connectivity index is 2.20. The molecule has 0 saturated carbocycles. The molecule has 0 aliphatic rings. The van der Waals surface area contributed by atoms with Gasteiger partial charge in [-0.25, -0.2) is 4.79 Å². The molecule has 0 atom stereocenters. The van der Waals surface area contributed by atoms with E-state index in [-0.39, 0.29) is 11.7 Å². The maximum absolute atomic E-state index is 12.4. The first-order chi connectivity index (χ1) is 11.2. The number of aryl methyl sites for hydroxylation is 4. The lowest BCUT2D eigenvalue weighted by molar-refractivity contribution is 0.427. The minimum Gasteiger partial charge on any atom is -0.425 e. The normalized spacial score (nSPS) is 11.2. The third kappa shape index (κ3) is 2.32. The number of aromatic nitrogens is 4. The second-order valence-corrected chi connectivity index (χ2v) is 6.18. The second kappa shape index (κ2) is 5.52. The summed E-state index contributed by atoms with van der Waals surface area (Å²) in [5.41, 5.74) is 1.50. The molecule has 0 unspecified atom stereocenters. The molecule has 0 fully saturated rings. The van der Waals surface area contributed by atoms with Crippen molar-refractivity contribution in [2.45, 2.75) is 13.8 Å². The highest BCUT2D eigenvalue weighted by molar-refractivity contribution is 6.32. The second-order valence-electron chi connectivity index (χ2n) is 5.80. The highest BCUT2D eigenvalue weighted by Crippen LogP contribution is 2.29. The van der Waals surface area contributed by atoms with Gasteiger partial charge in [0.2, 0.25) is 0 Å². The van der Waals surface area contributed by atoms with E-state index >= 15 is 0 Å². The zero-order valence-electron chi connectivity index (χ0n) is 14.0. The predicted molar refractivity (Wildman–Crippen MR) is 92.2 cm³/mol. The Morgan fingerprint density at radius 1 is 1.00 bits per heavy atom. The van der Waals surface area contributed by atoms with Crippen LogP contribution in [-0.2, 0) is 21.1 Å². The number of nitrogens with zero attached hydrogens (tertiary/aromatic N) is 4. The van der Waals surface area contributed by atoms with Gasteiger partial charge in [-0.1, -0.05) is 11.6 Å². The maximum atomic E-state index is 12.4. The van der Waals surface area contributed by atoms with E-state index < -0.39 is 11.2 Å². The standard InChI is InChI=1S/C16H17ClN4O3/c1-8-6-10(7-9(2)11(8)17)24-15-18-13-12(19(15)3)14(22)21(5)16(23)20(13)4/h6-7H,1-5H3. The zero-order chi connectivity index (χ0) is 17.8. The van der Waals surface area contributed by atoms with Crippen LogP contribution < -0.4 is 16.0 Å². The number of imidazole rings is 1. The average molecular weight is 349 g/mol. The van der Waals surface area contributed by atoms with Crippen LogP contribution in [0.15, 0.2) is 21.7 Å². The molecular formula is C16H17ClN4O3. The smallest absolute Gasteiger partial charge is 0.332 e. The summed E-state index contributed by atoms with van der Waals surface area (Å²) in [5.74, 6) is 0.564. The highest BCUT2D eigenvalue weighted by atomic mass is 35.5. The van der Waals surface area contributed by atoms with E-state index in [0.717, 1.165) is 15.7 Å². The molecule has 24 heavy (non-hydrogen) atoms. The number of ether oxygens (including phenoxy) is 1. The van der Waals surface area contributed by atoms with Gasteiger partial charge in [-0.3, -0.25) is 18.5 Å². The average Bonchev–Trinajstić information content (AvgIpc) is 2.85. The van der Waals surface area contributed by atoms with Crippen molar-refractivity contribution in [2.24, 2.45) is 21.1 Å². The molecule has 0 N–H and O–H groups in total. The van der Waals surface area contributed by atoms with Crippen molar-refractivity contribution in [3.05, 3.63) is 49.1 Å². The number of benzene rings is 1. The molecule has 0 bridgehead atoms. The highest BCUT2D eigenvalue weighted by Gasteiger charge is 2.18. The Hall–Kier alpha value is -2.54. The van der Waals surface area contributed by atoms with Gasteiger partial charge in [-0.05, 0) is 37.1 Å². The molecule has 2 aromatic heterocycles. The SMILES string of the molecule is Cc1cc(Oc2nc3c(c(=O)n(C)c(=O)n3C)n2C)cc(C)c1Cl. The fourth-order valence-corrected chi connectivity index (χ4v) is 2.77. The van der Waals surface area contributed by atoms with Crippen molar-refractivity contribution in [3.63, 3.8) is 0 Å². The molecule has 0 radical (unpaired) electrons. The van der Waals surface area contributed by atoms with Crippen LogP contribution in [0.5, 0.6) is 11.8 Å². The molecule has 8 heteroatoms. The topological polar surface area (TPSA) is 71.1 Å². The van der Waals surface area contributed by atoms with Crippen LogP contribution in [0, 0.1) is 13.8 Å². The van der Waals surface area contributed by atoms with E-state index in [0.29, 0.717) is 16.3 Å². The van der Waals surface area contributed by atoms with Crippen LogP contribution >= 0.6 is 11.6 Å². The first-order valence-electron chi connectivity index (χ1n) is 7.29. The van der Waals surface area contributed by atoms with Crippen LogP contribution in [0.2, 0.25) is 5.02 Å². The summed E-state index contributed by atoms with van der Waals surface area (Å²) >= 11 is 6.17. The predicted octanol–water partition coefficient (Wildman–Crippen LogP) is 2.03. The zero-order valence-corrected chi connectivity index (χ0v) is 14.8. The first kappa shape index (κ1) is 16.3. The Bertz CT molecular complexity index is 1070. The molecule has 2 heterocycles. The lowest BCUT2D eigenvalue weighted by Gasteiger charge is -2.09. The van der Waals surface area contributed by atoms with E-state index in [1.54, 1.807) is 26.2 Å². The molecule has 0 spiro atoms. The Labute approximate surface area is 142 Å². The van der Waals surface area contributed by atoms with Gasteiger partial charge in [0, 0.05) is 26.2 Å². The van der Waals surface area contributed by atoms with Gasteiger partial charge in [0.05, 0.1) is 0 Å². The minimum atomic E-state index is -0.435. The Morgan fingerprint density at radius 2 is 1.58 bits per heavy atom. The Kier molecular flexibility index (Phi) is 3.76. The van der Waals surface area contributed by atoms with Gasteiger partial charge in [0.25, 0.3) is 5.56 Å². The maximum Gasteiger partial charge on any atom is 0.332 e. The minimum absolute atomic E-state index is 0.226. The molecule has 3 rings (SSSR count). The molecule has 0 amide bonds. The lowest BCUT2D eigenvalue weighted by Crippen LogP contribution is -2.37. The van der Waals surface area contributed by atoms with Crippen molar-refractivity contribution in [1.82, 2.24) is 18.7 Å². The molecular weight excluding hydrogens is 332 g/mol. The van der Waals surface area contributed by atoms with Gasteiger partial charge in [-0.2, -0.15) is 4.98 Å². The molecule has 0 aliphatic carbocycles. The third-order valence-corrected chi connectivity index (χ3v) is 4.65. The first-order valence-corrected chi connectivity index (χ1v) is 7.67. The third-order valence-electron chi connectivity index (χ3n) is 4.05. The summed E-state index contributed by atoms with van der Waals surface area (Å²) in [6.07, 6.45) is 0. The fourth-order valence-electron chi connectivity index (χ4n) is 2.66. The molecule has 1 aromatic carbocycles. The van der Waals surface area contributed by atoms with E-state index in [1.165, 1.54) is 16.2 Å². The van der Waals surface area contributed by atoms with Crippen molar-refractivity contribution in [3.8, 4) is 11.8 Å². The summed E-state index contributed by atoms with van der Waals surface area (Å²) in [4.78, 5) is 28.7. The molecule has 126 valence electrons. The number of hydrogen-bond acceptors (Lipinski definition) is 4.